The van der Waals surface area contributed by atoms with Crippen LogP contribution in [-0.4, -0.2) is 10.5 Å². The zero-order chi connectivity index (χ0) is 6.69. The molecule has 0 fully saturated rings. The summed E-state index contributed by atoms with van der Waals surface area (Å²) in [5.41, 5.74) is 7.46. The lowest BCUT2D eigenvalue weighted by atomic mass is 10.3. The Hall–Kier alpha value is -0.930. The van der Waals surface area contributed by atoms with E-state index in [9.17, 15) is 0 Å². The molecule has 1 heterocycles. The highest BCUT2D eigenvalue weighted by Crippen LogP contribution is 1.95. The maximum absolute atomic E-state index is 5.34. The van der Waals surface area contributed by atoms with E-state index in [0.717, 1.165) is 5.69 Å². The molecule has 56 valence electrons. The Morgan fingerprint density at radius 3 is 2.60 bits per heavy atom. The van der Waals surface area contributed by atoms with Crippen LogP contribution in [0.5, 0.6) is 0 Å². The smallest absolute Gasteiger partial charge is 0.0539 e. The average molecular weight is 140 g/mol. The summed E-state index contributed by atoms with van der Waals surface area (Å²) in [6, 6.07) is 3.95. The van der Waals surface area contributed by atoms with Gasteiger partial charge in [0, 0.05) is 12.7 Å². The van der Waals surface area contributed by atoms with Crippen molar-refractivity contribution in [3.8, 4) is 0 Å². The van der Waals surface area contributed by atoms with Crippen molar-refractivity contribution in [3.63, 3.8) is 0 Å². The van der Waals surface area contributed by atoms with Gasteiger partial charge in [0.1, 0.15) is 0 Å². The first-order valence-electron chi connectivity index (χ1n) is 2.94. The van der Waals surface area contributed by atoms with Crippen LogP contribution in [-0.2, 0) is 6.54 Å². The van der Waals surface area contributed by atoms with Crippen molar-refractivity contribution < 1.29 is 5.48 Å². The standard InChI is InChI=1S/C7H10N2.H2O/c1-6-2-3-7(4-8)9-5-6;/h2-3,5H,4,8H2,1H3;1H2. The normalized spacial score (nSPS) is 8.60. The Labute approximate surface area is 60.2 Å². The van der Waals surface area contributed by atoms with E-state index in [-0.39, 0.29) is 5.48 Å². The van der Waals surface area contributed by atoms with Crippen LogP contribution in [0.3, 0.4) is 0 Å². The molecule has 1 rings (SSSR count). The Kier molecular flexibility index (Phi) is 3.61. The summed E-state index contributed by atoms with van der Waals surface area (Å²) in [7, 11) is 0. The SMILES string of the molecule is Cc1ccc(CN)nc1.O. The van der Waals surface area contributed by atoms with Crippen molar-refractivity contribution in [2.24, 2.45) is 5.73 Å². The molecular formula is C7H12N2O. The van der Waals surface area contributed by atoms with Gasteiger partial charge in [-0.05, 0) is 18.6 Å². The van der Waals surface area contributed by atoms with E-state index in [1.54, 1.807) is 0 Å². The average Bonchev–Trinajstić information content (AvgIpc) is 1.90. The topological polar surface area (TPSA) is 70.4 Å². The van der Waals surface area contributed by atoms with Crippen molar-refractivity contribution in [1.29, 1.82) is 0 Å². The number of aromatic nitrogens is 1. The predicted octanol–water partition coefficient (Wildman–Crippen LogP) is 0.0240. The van der Waals surface area contributed by atoms with E-state index >= 15 is 0 Å². The highest BCUT2D eigenvalue weighted by molar-refractivity contribution is 5.11. The minimum atomic E-state index is 0. The van der Waals surface area contributed by atoms with E-state index in [1.807, 2.05) is 25.3 Å². The Balaban J connectivity index is 0.000000810. The van der Waals surface area contributed by atoms with Gasteiger partial charge in [0.15, 0.2) is 0 Å². The Morgan fingerprint density at radius 1 is 1.50 bits per heavy atom. The molecule has 1 aromatic rings. The summed E-state index contributed by atoms with van der Waals surface area (Å²) in [6.45, 7) is 2.54. The number of pyridine rings is 1. The van der Waals surface area contributed by atoms with Crippen LogP contribution in [0.15, 0.2) is 18.3 Å². The monoisotopic (exact) mass is 140 g/mol. The van der Waals surface area contributed by atoms with E-state index in [2.05, 4.69) is 4.98 Å². The second-order valence-electron chi connectivity index (χ2n) is 2.03. The van der Waals surface area contributed by atoms with Gasteiger partial charge >= 0.3 is 0 Å². The number of aryl methyl sites for hydroxylation is 1. The van der Waals surface area contributed by atoms with Crippen molar-refractivity contribution in [2.45, 2.75) is 13.5 Å². The van der Waals surface area contributed by atoms with Gasteiger partial charge in [-0.25, -0.2) is 0 Å². The highest BCUT2D eigenvalue weighted by Gasteiger charge is 1.86. The number of hydrogen-bond donors (Lipinski definition) is 1. The fourth-order valence-electron chi connectivity index (χ4n) is 0.619. The molecule has 0 aliphatic rings. The molecule has 0 spiro atoms. The number of nitrogens with zero attached hydrogens (tertiary/aromatic N) is 1. The highest BCUT2D eigenvalue weighted by atomic mass is 16.0. The third-order valence-electron chi connectivity index (χ3n) is 1.18. The van der Waals surface area contributed by atoms with Gasteiger partial charge in [-0.2, -0.15) is 0 Å². The second kappa shape index (κ2) is 3.98. The first-order valence-corrected chi connectivity index (χ1v) is 2.94. The summed E-state index contributed by atoms with van der Waals surface area (Å²) in [5, 5.41) is 0. The number of rotatable bonds is 1. The van der Waals surface area contributed by atoms with Crippen molar-refractivity contribution in [3.05, 3.63) is 29.6 Å². The van der Waals surface area contributed by atoms with Gasteiger partial charge in [0.25, 0.3) is 0 Å². The molecular weight excluding hydrogens is 128 g/mol. The van der Waals surface area contributed by atoms with E-state index in [4.69, 9.17) is 5.73 Å². The summed E-state index contributed by atoms with van der Waals surface area (Å²) in [4.78, 5) is 4.07. The van der Waals surface area contributed by atoms with Crippen LogP contribution in [0.1, 0.15) is 11.3 Å². The van der Waals surface area contributed by atoms with E-state index in [1.165, 1.54) is 5.56 Å². The lowest BCUT2D eigenvalue weighted by Crippen LogP contribution is -1.98. The van der Waals surface area contributed by atoms with Crippen LogP contribution < -0.4 is 5.73 Å². The Morgan fingerprint density at radius 2 is 2.20 bits per heavy atom. The molecule has 0 saturated carbocycles. The first kappa shape index (κ1) is 9.07. The lowest BCUT2D eigenvalue weighted by Gasteiger charge is -1.93. The van der Waals surface area contributed by atoms with Crippen molar-refractivity contribution >= 4 is 0 Å². The minimum Gasteiger partial charge on any atom is -0.412 e. The third-order valence-corrected chi connectivity index (χ3v) is 1.18. The summed E-state index contributed by atoms with van der Waals surface area (Å²) >= 11 is 0. The van der Waals surface area contributed by atoms with Gasteiger partial charge in [-0.1, -0.05) is 6.07 Å². The van der Waals surface area contributed by atoms with E-state index in [0.29, 0.717) is 6.54 Å². The van der Waals surface area contributed by atoms with Crippen molar-refractivity contribution in [2.75, 3.05) is 0 Å². The molecule has 0 aliphatic heterocycles. The third kappa shape index (κ3) is 2.13. The molecule has 3 nitrogen and oxygen atoms in total. The van der Waals surface area contributed by atoms with Gasteiger partial charge in [0.2, 0.25) is 0 Å². The first-order chi connectivity index (χ1) is 4.33. The van der Waals surface area contributed by atoms with Gasteiger partial charge in [0.05, 0.1) is 5.69 Å². The van der Waals surface area contributed by atoms with Gasteiger partial charge < -0.3 is 11.2 Å². The van der Waals surface area contributed by atoms with Crippen LogP contribution in [0, 0.1) is 6.92 Å². The summed E-state index contributed by atoms with van der Waals surface area (Å²) in [5.74, 6) is 0. The maximum atomic E-state index is 5.34. The summed E-state index contributed by atoms with van der Waals surface area (Å²) < 4.78 is 0. The molecule has 4 N–H and O–H groups in total. The minimum absolute atomic E-state index is 0. The molecule has 0 unspecified atom stereocenters. The second-order valence-corrected chi connectivity index (χ2v) is 2.03. The number of hydrogen-bond acceptors (Lipinski definition) is 2. The largest absolute Gasteiger partial charge is 0.412 e. The fourth-order valence-corrected chi connectivity index (χ4v) is 0.619. The molecule has 3 heteroatoms. The van der Waals surface area contributed by atoms with Crippen LogP contribution in [0.25, 0.3) is 0 Å². The maximum Gasteiger partial charge on any atom is 0.0539 e. The molecule has 0 aromatic carbocycles. The van der Waals surface area contributed by atoms with Crippen LogP contribution in [0.2, 0.25) is 0 Å². The quantitative estimate of drug-likeness (QED) is 0.597. The fraction of sp³-hybridized carbons (Fsp3) is 0.286. The van der Waals surface area contributed by atoms with Crippen LogP contribution >= 0.6 is 0 Å². The molecule has 0 atom stereocenters. The van der Waals surface area contributed by atoms with Crippen molar-refractivity contribution in [1.82, 2.24) is 4.98 Å². The van der Waals surface area contributed by atoms with E-state index < -0.39 is 0 Å². The molecule has 0 aliphatic carbocycles. The molecule has 1 aromatic heterocycles. The summed E-state index contributed by atoms with van der Waals surface area (Å²) in [6.07, 6.45) is 1.82. The van der Waals surface area contributed by atoms with Gasteiger partial charge in [-0.3, -0.25) is 4.98 Å². The molecule has 0 saturated heterocycles. The number of nitrogens with two attached hydrogens (primary N) is 1. The van der Waals surface area contributed by atoms with Crippen LogP contribution in [0.4, 0.5) is 0 Å². The predicted molar refractivity (Wildman–Crippen MR) is 40.5 cm³/mol. The van der Waals surface area contributed by atoms with Gasteiger partial charge in [-0.15, -0.1) is 0 Å². The molecule has 10 heavy (non-hydrogen) atoms. The lowest BCUT2D eigenvalue weighted by molar-refractivity contribution is 0.824. The molecule has 0 radical (unpaired) electrons. The molecule has 0 amide bonds. The zero-order valence-electron chi connectivity index (χ0n) is 5.96. The zero-order valence-corrected chi connectivity index (χ0v) is 5.96. The Bertz CT molecular complexity index is 183. The molecule has 0 bridgehead atoms.